The number of primary amides is 1. The fourth-order valence-corrected chi connectivity index (χ4v) is 8.96. The summed E-state index contributed by atoms with van der Waals surface area (Å²) in [6.45, 7) is 0. The topological polar surface area (TPSA) is 110 Å². The van der Waals surface area contributed by atoms with Crippen LogP contribution < -0.4 is 11.1 Å². The maximum Gasteiger partial charge on any atom is 0.245 e. The van der Waals surface area contributed by atoms with Crippen molar-refractivity contribution in [3.63, 3.8) is 0 Å². The first-order valence-corrected chi connectivity index (χ1v) is 13.2. The molecule has 1 aromatic carbocycles. The van der Waals surface area contributed by atoms with Crippen molar-refractivity contribution in [3.05, 3.63) is 28.2 Å². The summed E-state index contributed by atoms with van der Waals surface area (Å²) in [6, 6.07) is 4.22. The molecule has 1 aromatic rings. The van der Waals surface area contributed by atoms with Gasteiger partial charge in [-0.15, -0.1) is 0 Å². The Hall–Kier alpha value is -1.35. The Morgan fingerprint density at radius 2 is 1.75 bits per heavy atom. The van der Waals surface area contributed by atoms with Gasteiger partial charge in [0, 0.05) is 23.5 Å². The largest absolute Gasteiger partial charge is 0.369 e. The van der Waals surface area contributed by atoms with Gasteiger partial charge in [0.25, 0.3) is 0 Å². The lowest BCUT2D eigenvalue weighted by molar-refractivity contribution is -0.148. The van der Waals surface area contributed by atoms with Crippen LogP contribution in [0.4, 0.5) is 0 Å². The Labute approximate surface area is 198 Å². The summed E-state index contributed by atoms with van der Waals surface area (Å²) in [6.07, 6.45) is 5.14. The molecule has 0 aliphatic heterocycles. The van der Waals surface area contributed by atoms with Crippen LogP contribution in [0.1, 0.15) is 44.9 Å². The molecule has 2 unspecified atom stereocenters. The number of benzene rings is 1. The van der Waals surface area contributed by atoms with Gasteiger partial charge in [0.1, 0.15) is 10.4 Å². The van der Waals surface area contributed by atoms with Crippen molar-refractivity contribution in [1.29, 1.82) is 0 Å². The highest BCUT2D eigenvalue weighted by Gasteiger charge is 2.61. The summed E-state index contributed by atoms with van der Waals surface area (Å²) in [5.41, 5.74) is 4.21. The van der Waals surface area contributed by atoms with Crippen molar-refractivity contribution in [2.45, 2.75) is 61.4 Å². The molecule has 10 heteroatoms. The first kappa shape index (κ1) is 22.4. The maximum atomic E-state index is 13.4. The molecule has 0 saturated heterocycles. The van der Waals surface area contributed by atoms with E-state index >= 15 is 0 Å². The number of hydrogen-bond acceptors (Lipinski definition) is 4. The summed E-state index contributed by atoms with van der Waals surface area (Å²) in [5.74, 6) is 0.406. The molecular weight excluding hydrogens is 473 g/mol. The third-order valence-corrected chi connectivity index (χ3v) is 11.0. The van der Waals surface area contributed by atoms with Crippen LogP contribution in [0.5, 0.6) is 0 Å². The fourth-order valence-electron chi connectivity index (χ4n) is 6.70. The van der Waals surface area contributed by atoms with Crippen LogP contribution in [0.2, 0.25) is 10.0 Å². The Bertz CT molecular complexity index is 1090. The maximum absolute atomic E-state index is 13.4. The van der Waals surface area contributed by atoms with Gasteiger partial charge in [-0.05, 0) is 80.9 Å². The first-order valence-electron chi connectivity index (χ1n) is 11.0. The number of halogens is 2. The standard InChI is InChI=1S/C22H27Cl2N3O4S/c1-27(32(30,31)17-8-15(23)2-3-16(17)24)22(4-5-22)20(29)26-18-13-6-12-7-14(18)11-21(9-12,10-13)19(25)28/h2-3,8,12-14,18H,4-7,9-11H2,1H3,(H2,25,28)(H,26,29). The predicted octanol–water partition coefficient (Wildman–Crippen LogP) is 2.94. The van der Waals surface area contributed by atoms with Crippen LogP contribution in [0.3, 0.4) is 0 Å². The summed E-state index contributed by atoms with van der Waals surface area (Å²) in [4.78, 5) is 25.5. The van der Waals surface area contributed by atoms with E-state index < -0.39 is 21.0 Å². The minimum atomic E-state index is -4.02. The van der Waals surface area contributed by atoms with Gasteiger partial charge in [-0.1, -0.05) is 23.2 Å². The molecule has 7 nitrogen and oxygen atoms in total. The molecule has 5 aliphatic carbocycles. The third kappa shape index (κ3) is 3.29. The summed E-state index contributed by atoms with van der Waals surface area (Å²) in [5, 5.41) is 3.52. The van der Waals surface area contributed by atoms with E-state index in [4.69, 9.17) is 28.9 Å². The average molecular weight is 500 g/mol. The number of carbonyl (C=O) groups excluding carboxylic acids is 2. The highest BCUT2D eigenvalue weighted by atomic mass is 35.5. The molecule has 0 aromatic heterocycles. The van der Waals surface area contributed by atoms with Crippen molar-refractivity contribution in [2.75, 3.05) is 7.05 Å². The number of rotatable bonds is 6. The number of nitrogens with one attached hydrogen (secondary N) is 1. The number of carbonyl (C=O) groups is 2. The number of nitrogens with zero attached hydrogens (tertiary/aromatic N) is 1. The molecule has 5 saturated carbocycles. The summed E-state index contributed by atoms with van der Waals surface area (Å²) in [7, 11) is -2.59. The molecule has 5 aliphatic rings. The van der Waals surface area contributed by atoms with Crippen LogP contribution in [0.15, 0.2) is 23.1 Å². The molecule has 4 bridgehead atoms. The molecule has 6 rings (SSSR count). The van der Waals surface area contributed by atoms with Crippen LogP contribution in [0.25, 0.3) is 0 Å². The highest BCUT2D eigenvalue weighted by molar-refractivity contribution is 7.89. The molecular formula is C22H27Cl2N3O4S. The van der Waals surface area contributed by atoms with Crippen molar-refractivity contribution >= 4 is 45.0 Å². The number of nitrogens with two attached hydrogens (primary N) is 1. The minimum absolute atomic E-state index is 0.0464. The lowest BCUT2D eigenvalue weighted by Gasteiger charge is -2.59. The van der Waals surface area contributed by atoms with Gasteiger partial charge in [-0.25, -0.2) is 8.42 Å². The molecule has 174 valence electrons. The highest BCUT2D eigenvalue weighted by Crippen LogP contribution is 2.60. The monoisotopic (exact) mass is 499 g/mol. The van der Waals surface area contributed by atoms with Crippen molar-refractivity contribution in [2.24, 2.45) is 28.9 Å². The normalized spacial score (nSPS) is 34.5. The first-order chi connectivity index (χ1) is 15.0. The van der Waals surface area contributed by atoms with Crippen LogP contribution in [0, 0.1) is 23.2 Å². The Balaban J connectivity index is 1.36. The average Bonchev–Trinajstić information content (AvgIpc) is 3.53. The fraction of sp³-hybridized carbons (Fsp3) is 0.636. The zero-order valence-corrected chi connectivity index (χ0v) is 20.1. The van der Waals surface area contributed by atoms with E-state index in [1.165, 1.54) is 25.2 Å². The van der Waals surface area contributed by atoms with E-state index in [2.05, 4.69) is 5.32 Å². The van der Waals surface area contributed by atoms with Gasteiger partial charge in [0.2, 0.25) is 21.8 Å². The Kier molecular flexibility index (Phi) is 5.14. The van der Waals surface area contributed by atoms with Crippen LogP contribution in [-0.2, 0) is 19.6 Å². The van der Waals surface area contributed by atoms with Crippen LogP contribution in [-0.4, -0.2) is 43.2 Å². The lowest BCUT2D eigenvalue weighted by atomic mass is 9.47. The van der Waals surface area contributed by atoms with Gasteiger partial charge in [-0.3, -0.25) is 9.59 Å². The number of likely N-dealkylation sites (N-methyl/N-ethyl adjacent to an activating group) is 1. The Morgan fingerprint density at radius 3 is 2.31 bits per heavy atom. The van der Waals surface area contributed by atoms with Gasteiger partial charge in [-0.2, -0.15) is 4.31 Å². The summed E-state index contributed by atoms with van der Waals surface area (Å²) < 4.78 is 27.8. The second kappa shape index (κ2) is 7.32. The quantitative estimate of drug-likeness (QED) is 0.626. The van der Waals surface area contributed by atoms with Crippen molar-refractivity contribution in [3.8, 4) is 0 Å². The molecule has 0 radical (unpaired) electrons. The molecule has 0 heterocycles. The second-order valence-corrected chi connectivity index (χ2v) is 13.0. The molecule has 32 heavy (non-hydrogen) atoms. The van der Waals surface area contributed by atoms with E-state index in [-0.39, 0.29) is 44.6 Å². The van der Waals surface area contributed by atoms with Gasteiger partial charge in [0.05, 0.1) is 5.02 Å². The number of sulfonamides is 1. The van der Waals surface area contributed by atoms with Crippen molar-refractivity contribution < 1.29 is 18.0 Å². The smallest absolute Gasteiger partial charge is 0.245 e. The predicted molar refractivity (Wildman–Crippen MR) is 120 cm³/mol. The van der Waals surface area contributed by atoms with Gasteiger partial charge < -0.3 is 11.1 Å². The van der Waals surface area contributed by atoms with E-state index in [1.54, 1.807) is 0 Å². The second-order valence-electron chi connectivity index (χ2n) is 10.2. The SMILES string of the molecule is CN(C1(C(=O)NC2C3CC4CC2CC(C(N)=O)(C4)C3)CC1)S(=O)(=O)c1cc(Cl)ccc1Cl. The van der Waals surface area contributed by atoms with E-state index in [0.29, 0.717) is 31.6 Å². The third-order valence-electron chi connectivity index (χ3n) is 8.37. The van der Waals surface area contributed by atoms with Crippen molar-refractivity contribution in [1.82, 2.24) is 9.62 Å². The Morgan fingerprint density at radius 1 is 1.12 bits per heavy atom. The van der Waals surface area contributed by atoms with E-state index in [9.17, 15) is 18.0 Å². The van der Waals surface area contributed by atoms with E-state index in [1.807, 2.05) is 0 Å². The molecule has 0 spiro atoms. The van der Waals surface area contributed by atoms with Crippen LogP contribution >= 0.6 is 23.2 Å². The molecule has 2 amide bonds. The lowest BCUT2D eigenvalue weighted by Crippen LogP contribution is -2.64. The summed E-state index contributed by atoms with van der Waals surface area (Å²) >= 11 is 12.1. The zero-order valence-electron chi connectivity index (χ0n) is 17.8. The minimum Gasteiger partial charge on any atom is -0.369 e. The number of amides is 2. The van der Waals surface area contributed by atoms with Gasteiger partial charge >= 0.3 is 0 Å². The number of hydrogen-bond donors (Lipinski definition) is 2. The van der Waals surface area contributed by atoms with Gasteiger partial charge in [0.15, 0.2) is 0 Å². The van der Waals surface area contributed by atoms with E-state index in [0.717, 1.165) is 23.6 Å². The zero-order chi connectivity index (χ0) is 23.1. The molecule has 3 N–H and O–H groups in total. The molecule has 5 fully saturated rings. The molecule has 2 atom stereocenters.